The number of halogens is 1. The van der Waals surface area contributed by atoms with E-state index < -0.39 is 0 Å². The van der Waals surface area contributed by atoms with Crippen molar-refractivity contribution >= 4 is 29.9 Å². The first-order chi connectivity index (χ1) is 11.7. The largest absolute Gasteiger partial charge is 0.361 e. The molecule has 0 atom stereocenters. The van der Waals surface area contributed by atoms with Crippen LogP contribution in [0, 0.1) is 6.92 Å². The zero-order valence-electron chi connectivity index (χ0n) is 15.4. The van der Waals surface area contributed by atoms with Gasteiger partial charge in [0.25, 0.3) is 0 Å². The van der Waals surface area contributed by atoms with E-state index in [0.29, 0.717) is 13.1 Å². The molecule has 0 saturated heterocycles. The van der Waals surface area contributed by atoms with Gasteiger partial charge in [-0.15, -0.1) is 24.0 Å². The number of aromatic nitrogens is 2. The maximum absolute atomic E-state index is 5.40. The zero-order chi connectivity index (χ0) is 17.4. The molecule has 0 fully saturated rings. The maximum Gasteiger partial charge on any atom is 0.191 e. The normalized spacial score (nSPS) is 11.1. The standard InChI is InChI=1S/C18H27N5O.HI/c1-5-15-14(17(6-2)24-23-15)11-21-18(19-7-3)22-12-16-13(4)9-8-10-20-16;/h8-10H,5-7,11-12H2,1-4H3,(H2,19,21,22);1H. The van der Waals surface area contributed by atoms with Crippen LogP contribution in [0.1, 0.15) is 49.0 Å². The molecule has 2 aromatic heterocycles. The van der Waals surface area contributed by atoms with Gasteiger partial charge < -0.3 is 15.2 Å². The van der Waals surface area contributed by atoms with Crippen LogP contribution in [0.5, 0.6) is 0 Å². The molecular weight excluding hydrogens is 429 g/mol. The highest BCUT2D eigenvalue weighted by Gasteiger charge is 2.13. The van der Waals surface area contributed by atoms with Crippen LogP contribution in [0.15, 0.2) is 27.8 Å². The minimum Gasteiger partial charge on any atom is -0.361 e. The van der Waals surface area contributed by atoms with Crippen molar-refractivity contribution in [3.05, 3.63) is 46.6 Å². The number of aliphatic imine (C=N–C) groups is 1. The number of rotatable bonds is 7. The Hall–Kier alpha value is -1.64. The second-order valence-electron chi connectivity index (χ2n) is 5.55. The van der Waals surface area contributed by atoms with E-state index in [4.69, 9.17) is 4.52 Å². The van der Waals surface area contributed by atoms with Crippen molar-refractivity contribution in [2.24, 2.45) is 4.99 Å². The molecule has 2 aromatic rings. The summed E-state index contributed by atoms with van der Waals surface area (Å²) in [6, 6.07) is 4.01. The van der Waals surface area contributed by atoms with E-state index in [9.17, 15) is 0 Å². The fourth-order valence-electron chi connectivity index (χ4n) is 2.49. The van der Waals surface area contributed by atoms with E-state index in [1.807, 2.05) is 12.3 Å². The lowest BCUT2D eigenvalue weighted by Crippen LogP contribution is -2.37. The van der Waals surface area contributed by atoms with Gasteiger partial charge in [0.05, 0.1) is 24.5 Å². The summed E-state index contributed by atoms with van der Waals surface area (Å²) >= 11 is 0. The average molecular weight is 457 g/mol. The van der Waals surface area contributed by atoms with Gasteiger partial charge in [-0.05, 0) is 31.9 Å². The highest BCUT2D eigenvalue weighted by atomic mass is 127. The van der Waals surface area contributed by atoms with Gasteiger partial charge in [0.1, 0.15) is 5.76 Å². The van der Waals surface area contributed by atoms with E-state index in [0.717, 1.165) is 48.1 Å². The minimum atomic E-state index is 0. The first-order valence-corrected chi connectivity index (χ1v) is 8.58. The third-order valence-corrected chi connectivity index (χ3v) is 3.89. The van der Waals surface area contributed by atoms with Crippen LogP contribution in [-0.4, -0.2) is 22.6 Å². The van der Waals surface area contributed by atoms with Gasteiger partial charge in [0.2, 0.25) is 0 Å². The molecule has 6 nitrogen and oxygen atoms in total. The fourth-order valence-corrected chi connectivity index (χ4v) is 2.49. The van der Waals surface area contributed by atoms with Crippen LogP contribution >= 0.6 is 24.0 Å². The van der Waals surface area contributed by atoms with Crippen molar-refractivity contribution in [1.29, 1.82) is 0 Å². The molecule has 138 valence electrons. The fraction of sp³-hybridized carbons (Fsp3) is 0.500. The molecule has 0 aliphatic carbocycles. The number of guanidine groups is 1. The Kier molecular flexibility index (Phi) is 9.48. The summed E-state index contributed by atoms with van der Waals surface area (Å²) in [4.78, 5) is 9.09. The molecule has 0 aromatic carbocycles. The van der Waals surface area contributed by atoms with Gasteiger partial charge >= 0.3 is 0 Å². The lowest BCUT2D eigenvalue weighted by molar-refractivity contribution is 0.380. The third-order valence-electron chi connectivity index (χ3n) is 3.89. The van der Waals surface area contributed by atoms with Crippen molar-refractivity contribution in [2.45, 2.75) is 53.6 Å². The summed E-state index contributed by atoms with van der Waals surface area (Å²) in [5.74, 6) is 1.69. The number of nitrogens with one attached hydrogen (secondary N) is 2. The van der Waals surface area contributed by atoms with Crippen LogP contribution in [0.2, 0.25) is 0 Å². The molecule has 2 rings (SSSR count). The summed E-state index contributed by atoms with van der Waals surface area (Å²) in [5.41, 5.74) is 4.29. The molecule has 2 N–H and O–H groups in total. The summed E-state index contributed by atoms with van der Waals surface area (Å²) in [6.07, 6.45) is 3.49. The average Bonchev–Trinajstić information content (AvgIpc) is 3.00. The molecule has 0 amide bonds. The smallest absolute Gasteiger partial charge is 0.191 e. The van der Waals surface area contributed by atoms with Crippen molar-refractivity contribution in [3.8, 4) is 0 Å². The Bertz CT molecular complexity index is 662. The lowest BCUT2D eigenvalue weighted by Gasteiger charge is -2.12. The molecule has 2 heterocycles. The van der Waals surface area contributed by atoms with E-state index in [1.54, 1.807) is 0 Å². The van der Waals surface area contributed by atoms with Crippen molar-refractivity contribution in [3.63, 3.8) is 0 Å². The molecule has 0 aliphatic heterocycles. The van der Waals surface area contributed by atoms with Gasteiger partial charge in [-0.25, -0.2) is 4.99 Å². The zero-order valence-corrected chi connectivity index (χ0v) is 17.8. The molecule has 0 spiro atoms. The van der Waals surface area contributed by atoms with Gasteiger partial charge in [0.15, 0.2) is 5.96 Å². The highest BCUT2D eigenvalue weighted by Crippen LogP contribution is 2.16. The summed E-state index contributed by atoms with van der Waals surface area (Å²) in [6.45, 7) is 10.3. The predicted octanol–water partition coefficient (Wildman–Crippen LogP) is 3.38. The molecule has 0 bridgehead atoms. The number of aryl methyl sites for hydroxylation is 3. The Balaban J connectivity index is 0.00000312. The van der Waals surface area contributed by atoms with E-state index in [1.165, 1.54) is 5.56 Å². The number of hydrogen-bond donors (Lipinski definition) is 2. The molecule has 0 radical (unpaired) electrons. The van der Waals surface area contributed by atoms with Gasteiger partial charge in [-0.3, -0.25) is 4.98 Å². The number of nitrogens with zero attached hydrogens (tertiary/aromatic N) is 3. The van der Waals surface area contributed by atoms with Crippen LogP contribution in [0.4, 0.5) is 0 Å². The third kappa shape index (κ3) is 5.98. The Morgan fingerprint density at radius 2 is 1.96 bits per heavy atom. The van der Waals surface area contributed by atoms with Crippen molar-refractivity contribution in [1.82, 2.24) is 20.8 Å². The van der Waals surface area contributed by atoms with Crippen molar-refractivity contribution in [2.75, 3.05) is 6.54 Å². The first-order valence-electron chi connectivity index (χ1n) is 8.58. The molecule has 0 saturated carbocycles. The van der Waals surface area contributed by atoms with Gasteiger partial charge in [-0.1, -0.05) is 25.1 Å². The van der Waals surface area contributed by atoms with E-state index in [2.05, 4.69) is 59.5 Å². The van der Waals surface area contributed by atoms with Crippen LogP contribution < -0.4 is 10.6 Å². The SMILES string of the molecule is CCNC(=NCc1c(CC)noc1CC)NCc1ncccc1C.I. The summed E-state index contributed by atoms with van der Waals surface area (Å²) in [7, 11) is 0. The summed E-state index contributed by atoms with van der Waals surface area (Å²) in [5, 5.41) is 10.7. The molecule has 25 heavy (non-hydrogen) atoms. The maximum atomic E-state index is 5.40. The second kappa shape index (κ2) is 11.1. The lowest BCUT2D eigenvalue weighted by atomic mass is 10.1. The van der Waals surface area contributed by atoms with E-state index in [-0.39, 0.29) is 24.0 Å². The van der Waals surface area contributed by atoms with Gasteiger partial charge in [-0.2, -0.15) is 0 Å². The van der Waals surface area contributed by atoms with Crippen LogP contribution in [0.25, 0.3) is 0 Å². The molecular formula is C18H28IN5O. The predicted molar refractivity (Wildman–Crippen MR) is 111 cm³/mol. The quantitative estimate of drug-likeness (QED) is 0.379. The minimum absolute atomic E-state index is 0. The Morgan fingerprint density at radius 1 is 1.16 bits per heavy atom. The Morgan fingerprint density at radius 3 is 2.60 bits per heavy atom. The van der Waals surface area contributed by atoms with Gasteiger partial charge in [0, 0.05) is 24.7 Å². The Labute approximate surface area is 166 Å². The molecule has 0 aliphatic rings. The van der Waals surface area contributed by atoms with Crippen LogP contribution in [-0.2, 0) is 25.9 Å². The first kappa shape index (κ1) is 21.4. The monoisotopic (exact) mass is 457 g/mol. The molecule has 7 heteroatoms. The van der Waals surface area contributed by atoms with Crippen LogP contribution in [0.3, 0.4) is 0 Å². The number of pyridine rings is 1. The number of hydrogen-bond acceptors (Lipinski definition) is 4. The highest BCUT2D eigenvalue weighted by molar-refractivity contribution is 14.0. The second-order valence-corrected chi connectivity index (χ2v) is 5.55. The van der Waals surface area contributed by atoms with E-state index >= 15 is 0 Å². The molecule has 0 unspecified atom stereocenters. The van der Waals surface area contributed by atoms with Crippen molar-refractivity contribution < 1.29 is 4.52 Å². The topological polar surface area (TPSA) is 75.3 Å². The summed E-state index contributed by atoms with van der Waals surface area (Å²) < 4.78 is 5.40.